The standard InChI is InChI=1S/C22H18N6.CH3I/c1-2-19-24-22(28-27-19)26-21-17-11-5-6-13-18(17)23-20(25-21)16-12-7-9-14-8-3-4-10-15(14)16;1-2/h3-13H,2H2,1H3,(H2,23,24,25,26,27,28);1H3. The number of hydrogen-bond acceptors (Lipinski definition) is 5. The smallest absolute Gasteiger partial charge is 0.247 e. The molecule has 2 aromatic heterocycles. The number of aromatic nitrogens is 5. The first kappa shape index (κ1) is 20.2. The van der Waals surface area contributed by atoms with Crippen LogP contribution >= 0.6 is 22.6 Å². The van der Waals surface area contributed by atoms with E-state index >= 15 is 0 Å². The summed E-state index contributed by atoms with van der Waals surface area (Å²) in [4.78, 5) is 16.1. The van der Waals surface area contributed by atoms with Gasteiger partial charge in [-0.2, -0.15) is 4.98 Å². The monoisotopic (exact) mass is 508 g/mol. The Hall–Kier alpha value is -3.07. The molecule has 0 saturated carbocycles. The highest BCUT2D eigenvalue weighted by atomic mass is 127. The average Bonchev–Trinajstić information content (AvgIpc) is 3.27. The van der Waals surface area contributed by atoms with Crippen molar-refractivity contribution in [3.05, 3.63) is 72.6 Å². The lowest BCUT2D eigenvalue weighted by Crippen LogP contribution is -2.01. The zero-order valence-corrected chi connectivity index (χ0v) is 18.9. The van der Waals surface area contributed by atoms with Crippen molar-refractivity contribution in [3.8, 4) is 11.4 Å². The number of hydrogen-bond donors (Lipinski definition) is 2. The number of anilines is 2. The highest BCUT2D eigenvalue weighted by Gasteiger charge is 2.13. The second-order valence-electron chi connectivity index (χ2n) is 6.52. The molecule has 2 N–H and O–H groups in total. The van der Waals surface area contributed by atoms with Crippen LogP contribution in [0.1, 0.15) is 12.7 Å². The van der Waals surface area contributed by atoms with Crippen LogP contribution in [0.4, 0.5) is 11.8 Å². The fourth-order valence-electron chi connectivity index (χ4n) is 3.33. The van der Waals surface area contributed by atoms with Crippen LogP contribution in [-0.4, -0.2) is 30.1 Å². The van der Waals surface area contributed by atoms with E-state index in [0.29, 0.717) is 17.6 Å². The van der Waals surface area contributed by atoms with Crippen LogP contribution < -0.4 is 5.32 Å². The molecule has 5 rings (SSSR count). The molecular weight excluding hydrogens is 487 g/mol. The molecule has 0 amide bonds. The average molecular weight is 508 g/mol. The Morgan fingerprint density at radius 3 is 2.37 bits per heavy atom. The molecule has 0 unspecified atom stereocenters. The topological polar surface area (TPSA) is 79.4 Å². The Labute approximate surface area is 188 Å². The lowest BCUT2D eigenvalue weighted by Gasteiger charge is -2.10. The predicted molar refractivity (Wildman–Crippen MR) is 131 cm³/mol. The van der Waals surface area contributed by atoms with Gasteiger partial charge < -0.3 is 5.32 Å². The lowest BCUT2D eigenvalue weighted by atomic mass is 10.0. The summed E-state index contributed by atoms with van der Waals surface area (Å²) in [5.41, 5.74) is 1.87. The number of aromatic amines is 1. The van der Waals surface area contributed by atoms with E-state index in [4.69, 9.17) is 9.97 Å². The van der Waals surface area contributed by atoms with E-state index in [2.05, 4.69) is 67.4 Å². The molecule has 5 aromatic rings. The highest BCUT2D eigenvalue weighted by Crippen LogP contribution is 2.30. The van der Waals surface area contributed by atoms with Crippen molar-refractivity contribution in [1.82, 2.24) is 25.1 Å². The Kier molecular flexibility index (Phi) is 6.18. The van der Waals surface area contributed by atoms with Gasteiger partial charge in [-0.15, -0.1) is 5.10 Å². The Balaban J connectivity index is 0.00000106. The van der Waals surface area contributed by atoms with Crippen molar-refractivity contribution < 1.29 is 0 Å². The van der Waals surface area contributed by atoms with Gasteiger partial charge in [-0.1, -0.05) is 84.1 Å². The van der Waals surface area contributed by atoms with Crippen LogP contribution in [0, 0.1) is 0 Å². The SMILES string of the molecule is CCc1nc(Nc2nc(-c3cccc4ccccc34)nc3ccccc23)n[nH]1.CI. The maximum absolute atomic E-state index is 4.84. The second kappa shape index (κ2) is 9.17. The van der Waals surface area contributed by atoms with E-state index in [1.807, 2.05) is 54.3 Å². The van der Waals surface area contributed by atoms with Gasteiger partial charge in [0.2, 0.25) is 5.95 Å². The molecule has 0 spiro atoms. The van der Waals surface area contributed by atoms with Crippen LogP contribution in [0.15, 0.2) is 66.7 Å². The number of nitrogens with one attached hydrogen (secondary N) is 2. The quantitative estimate of drug-likeness (QED) is 0.233. The molecule has 0 atom stereocenters. The van der Waals surface area contributed by atoms with Gasteiger partial charge in [-0.25, -0.2) is 9.97 Å². The van der Waals surface area contributed by atoms with Gasteiger partial charge in [-0.05, 0) is 27.8 Å². The number of alkyl halides is 1. The van der Waals surface area contributed by atoms with Gasteiger partial charge in [-0.3, -0.25) is 5.10 Å². The summed E-state index contributed by atoms with van der Waals surface area (Å²) in [6, 6.07) is 22.4. The number of para-hydroxylation sites is 1. The summed E-state index contributed by atoms with van der Waals surface area (Å²) >= 11 is 2.15. The molecule has 0 fully saturated rings. The van der Waals surface area contributed by atoms with Gasteiger partial charge in [0.1, 0.15) is 11.6 Å². The minimum Gasteiger partial charge on any atom is -0.307 e. The van der Waals surface area contributed by atoms with Crippen molar-refractivity contribution in [3.63, 3.8) is 0 Å². The van der Waals surface area contributed by atoms with Crippen LogP contribution in [0.2, 0.25) is 0 Å². The molecule has 0 bridgehead atoms. The van der Waals surface area contributed by atoms with Gasteiger partial charge in [0.25, 0.3) is 0 Å². The summed E-state index contributed by atoms with van der Waals surface area (Å²) in [6.45, 7) is 2.03. The van der Waals surface area contributed by atoms with Crippen LogP contribution in [0.25, 0.3) is 33.1 Å². The molecule has 7 heteroatoms. The fourth-order valence-corrected chi connectivity index (χ4v) is 3.33. The largest absolute Gasteiger partial charge is 0.307 e. The maximum atomic E-state index is 4.84. The minimum absolute atomic E-state index is 0.504. The van der Waals surface area contributed by atoms with Crippen LogP contribution in [0.5, 0.6) is 0 Å². The second-order valence-corrected chi connectivity index (χ2v) is 6.52. The molecule has 30 heavy (non-hydrogen) atoms. The van der Waals surface area contributed by atoms with E-state index in [9.17, 15) is 0 Å². The lowest BCUT2D eigenvalue weighted by molar-refractivity contribution is 0.946. The number of rotatable bonds is 4. The van der Waals surface area contributed by atoms with Crippen molar-refractivity contribution >= 4 is 56.0 Å². The zero-order chi connectivity index (χ0) is 20.9. The number of H-pyrrole nitrogens is 1. The Morgan fingerprint density at radius 2 is 1.57 bits per heavy atom. The van der Waals surface area contributed by atoms with Crippen molar-refractivity contribution in [2.45, 2.75) is 13.3 Å². The van der Waals surface area contributed by atoms with E-state index in [0.717, 1.165) is 39.5 Å². The Morgan fingerprint density at radius 1 is 0.833 bits per heavy atom. The summed E-state index contributed by atoms with van der Waals surface area (Å²) < 4.78 is 0. The molecule has 150 valence electrons. The number of aryl methyl sites for hydroxylation is 1. The first-order valence-corrected chi connectivity index (χ1v) is 11.8. The predicted octanol–water partition coefficient (Wildman–Crippen LogP) is 5.93. The molecule has 2 heterocycles. The van der Waals surface area contributed by atoms with Crippen molar-refractivity contribution in [2.75, 3.05) is 10.2 Å². The molecule has 0 aliphatic carbocycles. The third kappa shape index (κ3) is 3.97. The van der Waals surface area contributed by atoms with Crippen molar-refractivity contribution in [2.24, 2.45) is 0 Å². The number of halogens is 1. The van der Waals surface area contributed by atoms with Gasteiger partial charge in [0, 0.05) is 17.4 Å². The first-order chi connectivity index (χ1) is 14.8. The van der Waals surface area contributed by atoms with Gasteiger partial charge >= 0.3 is 0 Å². The van der Waals surface area contributed by atoms with Gasteiger partial charge in [0.15, 0.2) is 5.82 Å². The molecule has 0 radical (unpaired) electrons. The van der Waals surface area contributed by atoms with E-state index in [1.165, 1.54) is 0 Å². The number of nitrogens with zero attached hydrogens (tertiary/aromatic N) is 4. The molecule has 3 aromatic carbocycles. The molecular formula is C23H21IN6. The Bertz CT molecular complexity index is 1290. The summed E-state index contributed by atoms with van der Waals surface area (Å²) in [5, 5.41) is 13.6. The highest BCUT2D eigenvalue weighted by molar-refractivity contribution is 14.1. The summed E-state index contributed by atoms with van der Waals surface area (Å²) in [6.07, 6.45) is 0.792. The van der Waals surface area contributed by atoms with Gasteiger partial charge in [0.05, 0.1) is 5.52 Å². The van der Waals surface area contributed by atoms with E-state index in [1.54, 1.807) is 0 Å². The number of benzene rings is 3. The molecule has 0 aliphatic heterocycles. The maximum Gasteiger partial charge on any atom is 0.247 e. The zero-order valence-electron chi connectivity index (χ0n) is 16.7. The van der Waals surface area contributed by atoms with Crippen LogP contribution in [-0.2, 0) is 6.42 Å². The summed E-state index contributed by atoms with van der Waals surface area (Å²) in [5.74, 6) is 2.69. The minimum atomic E-state index is 0.504. The summed E-state index contributed by atoms with van der Waals surface area (Å²) in [7, 11) is 0. The molecule has 0 aliphatic rings. The third-order valence-corrected chi connectivity index (χ3v) is 4.73. The first-order valence-electron chi connectivity index (χ1n) is 9.63. The van der Waals surface area contributed by atoms with Crippen LogP contribution in [0.3, 0.4) is 0 Å². The normalized spacial score (nSPS) is 10.6. The van der Waals surface area contributed by atoms with E-state index < -0.39 is 0 Å². The van der Waals surface area contributed by atoms with E-state index in [-0.39, 0.29) is 0 Å². The molecule has 6 nitrogen and oxygen atoms in total. The molecule has 0 saturated heterocycles. The third-order valence-electron chi connectivity index (χ3n) is 4.73. The van der Waals surface area contributed by atoms with Crippen molar-refractivity contribution in [1.29, 1.82) is 0 Å². The number of fused-ring (bicyclic) bond motifs is 2. The fraction of sp³-hybridized carbons (Fsp3) is 0.130.